The van der Waals surface area contributed by atoms with Gasteiger partial charge in [-0.3, -0.25) is 9.69 Å². The molecule has 0 spiro atoms. The van der Waals surface area contributed by atoms with E-state index in [0.717, 1.165) is 31.8 Å². The van der Waals surface area contributed by atoms with Crippen molar-refractivity contribution in [1.29, 1.82) is 0 Å². The lowest BCUT2D eigenvalue weighted by Gasteiger charge is -2.43. The number of carbonyl (C=O) groups is 2. The van der Waals surface area contributed by atoms with Crippen LogP contribution in [0.15, 0.2) is 0 Å². The SMILES string of the molecule is CC1CCCN(C(C)(C)CNC(=O)C2CCN(C(=O)N(C)C)CC2)C1. The van der Waals surface area contributed by atoms with Crippen molar-refractivity contribution < 1.29 is 9.59 Å². The molecule has 144 valence electrons. The van der Waals surface area contributed by atoms with E-state index in [2.05, 4.69) is 31.0 Å². The fourth-order valence-corrected chi connectivity index (χ4v) is 3.91. The van der Waals surface area contributed by atoms with Crippen LogP contribution in [0.5, 0.6) is 0 Å². The lowest BCUT2D eigenvalue weighted by molar-refractivity contribution is -0.127. The molecule has 2 aliphatic rings. The summed E-state index contributed by atoms with van der Waals surface area (Å²) in [6, 6.07) is 0.0409. The third-order valence-corrected chi connectivity index (χ3v) is 5.73. The van der Waals surface area contributed by atoms with Crippen molar-refractivity contribution in [1.82, 2.24) is 20.0 Å². The van der Waals surface area contributed by atoms with Gasteiger partial charge in [-0.25, -0.2) is 4.79 Å². The maximum absolute atomic E-state index is 12.6. The number of piperidine rings is 2. The van der Waals surface area contributed by atoms with Crippen molar-refractivity contribution in [3.63, 3.8) is 0 Å². The van der Waals surface area contributed by atoms with Crippen LogP contribution >= 0.6 is 0 Å². The molecule has 2 saturated heterocycles. The fraction of sp³-hybridized carbons (Fsp3) is 0.895. The van der Waals surface area contributed by atoms with Gasteiger partial charge in [-0.2, -0.15) is 0 Å². The monoisotopic (exact) mass is 352 g/mol. The van der Waals surface area contributed by atoms with Crippen molar-refractivity contribution in [2.24, 2.45) is 11.8 Å². The molecular weight excluding hydrogens is 316 g/mol. The summed E-state index contributed by atoms with van der Waals surface area (Å²) in [5, 5.41) is 3.18. The Bertz CT molecular complexity index is 470. The first-order valence-electron chi connectivity index (χ1n) is 9.69. The van der Waals surface area contributed by atoms with Crippen molar-refractivity contribution >= 4 is 11.9 Å². The topological polar surface area (TPSA) is 55.9 Å². The molecule has 0 radical (unpaired) electrons. The molecule has 2 heterocycles. The summed E-state index contributed by atoms with van der Waals surface area (Å²) in [6.45, 7) is 11.0. The van der Waals surface area contributed by atoms with Gasteiger partial charge in [-0.15, -0.1) is 0 Å². The maximum Gasteiger partial charge on any atom is 0.319 e. The molecule has 1 atom stereocenters. The number of hydrogen-bond donors (Lipinski definition) is 1. The number of urea groups is 1. The highest BCUT2D eigenvalue weighted by Gasteiger charge is 2.32. The van der Waals surface area contributed by atoms with Gasteiger partial charge in [-0.1, -0.05) is 6.92 Å². The number of amides is 3. The zero-order valence-electron chi connectivity index (χ0n) is 16.7. The van der Waals surface area contributed by atoms with Crippen LogP contribution in [0.3, 0.4) is 0 Å². The summed E-state index contributed by atoms with van der Waals surface area (Å²) in [5.41, 5.74) is -0.00801. The second-order valence-electron chi connectivity index (χ2n) is 8.66. The van der Waals surface area contributed by atoms with E-state index in [1.165, 1.54) is 12.8 Å². The smallest absolute Gasteiger partial charge is 0.319 e. The molecule has 2 rings (SSSR count). The minimum atomic E-state index is -0.00801. The van der Waals surface area contributed by atoms with E-state index in [9.17, 15) is 9.59 Å². The quantitative estimate of drug-likeness (QED) is 0.842. The van der Waals surface area contributed by atoms with E-state index in [4.69, 9.17) is 0 Å². The predicted molar refractivity (Wildman–Crippen MR) is 100 cm³/mol. The molecule has 2 aliphatic heterocycles. The lowest BCUT2D eigenvalue weighted by Crippen LogP contribution is -2.55. The highest BCUT2D eigenvalue weighted by molar-refractivity contribution is 5.79. The van der Waals surface area contributed by atoms with E-state index < -0.39 is 0 Å². The summed E-state index contributed by atoms with van der Waals surface area (Å²) < 4.78 is 0. The first-order chi connectivity index (χ1) is 11.7. The van der Waals surface area contributed by atoms with E-state index in [1.54, 1.807) is 19.0 Å². The third-order valence-electron chi connectivity index (χ3n) is 5.73. The number of hydrogen-bond acceptors (Lipinski definition) is 3. The largest absolute Gasteiger partial charge is 0.354 e. The number of nitrogens with one attached hydrogen (secondary N) is 1. The summed E-state index contributed by atoms with van der Waals surface area (Å²) in [5.74, 6) is 0.916. The summed E-state index contributed by atoms with van der Waals surface area (Å²) >= 11 is 0. The van der Waals surface area contributed by atoms with Crippen LogP contribution in [0.2, 0.25) is 0 Å². The first-order valence-corrected chi connectivity index (χ1v) is 9.69. The minimum Gasteiger partial charge on any atom is -0.354 e. The molecule has 6 heteroatoms. The van der Waals surface area contributed by atoms with E-state index in [-0.39, 0.29) is 23.4 Å². The van der Waals surface area contributed by atoms with Gasteiger partial charge in [0, 0.05) is 51.7 Å². The van der Waals surface area contributed by atoms with Gasteiger partial charge in [0.1, 0.15) is 0 Å². The van der Waals surface area contributed by atoms with Crippen molar-refractivity contribution in [2.45, 2.75) is 52.0 Å². The van der Waals surface area contributed by atoms with Crippen molar-refractivity contribution in [2.75, 3.05) is 46.8 Å². The molecule has 1 unspecified atom stereocenters. The van der Waals surface area contributed by atoms with Crippen LogP contribution in [-0.4, -0.2) is 79.0 Å². The standard InChI is InChI=1S/C19H36N4O2/c1-15-7-6-10-23(13-15)19(2,3)14-20-17(24)16-8-11-22(12-9-16)18(25)21(4)5/h15-16H,6-14H2,1-5H3,(H,20,24). The second-order valence-corrected chi connectivity index (χ2v) is 8.66. The molecule has 3 amide bonds. The summed E-state index contributed by atoms with van der Waals surface area (Å²) in [4.78, 5) is 30.5. The highest BCUT2D eigenvalue weighted by Crippen LogP contribution is 2.24. The van der Waals surface area contributed by atoms with Crippen LogP contribution in [0.25, 0.3) is 0 Å². The Morgan fingerprint density at radius 1 is 1.12 bits per heavy atom. The Morgan fingerprint density at radius 2 is 1.76 bits per heavy atom. The maximum atomic E-state index is 12.6. The Kier molecular flexibility index (Phi) is 6.72. The summed E-state index contributed by atoms with van der Waals surface area (Å²) in [6.07, 6.45) is 4.07. The van der Waals surface area contributed by atoms with Gasteiger partial charge >= 0.3 is 6.03 Å². The molecule has 0 aromatic rings. The van der Waals surface area contributed by atoms with E-state index in [0.29, 0.717) is 19.6 Å². The third kappa shape index (κ3) is 5.33. The molecule has 0 bridgehead atoms. The van der Waals surface area contributed by atoms with Crippen LogP contribution < -0.4 is 5.32 Å². The lowest BCUT2D eigenvalue weighted by atomic mass is 9.92. The van der Waals surface area contributed by atoms with Crippen LogP contribution in [0.1, 0.15) is 46.5 Å². The average Bonchev–Trinajstić information content (AvgIpc) is 2.59. The fourth-order valence-electron chi connectivity index (χ4n) is 3.91. The minimum absolute atomic E-state index is 0.00801. The molecule has 6 nitrogen and oxygen atoms in total. The Balaban J connectivity index is 1.78. The highest BCUT2D eigenvalue weighted by atomic mass is 16.2. The number of likely N-dealkylation sites (tertiary alicyclic amines) is 2. The average molecular weight is 353 g/mol. The van der Waals surface area contributed by atoms with E-state index in [1.807, 2.05) is 4.90 Å². The molecule has 0 aliphatic carbocycles. The number of nitrogens with zero attached hydrogens (tertiary/aromatic N) is 3. The normalized spacial score (nSPS) is 23.4. The van der Waals surface area contributed by atoms with Crippen LogP contribution in [0.4, 0.5) is 4.79 Å². The first kappa shape index (κ1) is 20.0. The second kappa shape index (κ2) is 8.39. The molecule has 2 fully saturated rings. The van der Waals surface area contributed by atoms with Gasteiger partial charge in [0.25, 0.3) is 0 Å². The Hall–Kier alpha value is -1.30. The Labute approximate surface area is 152 Å². The van der Waals surface area contributed by atoms with Gasteiger partial charge in [0.2, 0.25) is 5.91 Å². The van der Waals surface area contributed by atoms with E-state index >= 15 is 0 Å². The Morgan fingerprint density at radius 3 is 2.32 bits per heavy atom. The zero-order valence-corrected chi connectivity index (χ0v) is 16.7. The zero-order chi connectivity index (χ0) is 18.6. The van der Waals surface area contributed by atoms with Gasteiger partial charge in [-0.05, 0) is 52.0 Å². The van der Waals surface area contributed by atoms with Gasteiger partial charge < -0.3 is 15.1 Å². The van der Waals surface area contributed by atoms with Crippen LogP contribution in [0, 0.1) is 11.8 Å². The van der Waals surface area contributed by atoms with Gasteiger partial charge in [0.05, 0.1) is 0 Å². The molecule has 0 aromatic carbocycles. The number of carbonyl (C=O) groups excluding carboxylic acids is 2. The number of rotatable bonds is 4. The molecular formula is C19H36N4O2. The predicted octanol–water partition coefficient (Wildman–Crippen LogP) is 2.01. The summed E-state index contributed by atoms with van der Waals surface area (Å²) in [7, 11) is 3.54. The van der Waals surface area contributed by atoms with Gasteiger partial charge in [0.15, 0.2) is 0 Å². The molecule has 1 N–H and O–H groups in total. The van der Waals surface area contributed by atoms with Crippen LogP contribution in [-0.2, 0) is 4.79 Å². The molecule has 0 aromatic heterocycles. The van der Waals surface area contributed by atoms with Crippen molar-refractivity contribution in [3.8, 4) is 0 Å². The van der Waals surface area contributed by atoms with Crippen molar-refractivity contribution in [3.05, 3.63) is 0 Å². The molecule has 0 saturated carbocycles. The molecule has 25 heavy (non-hydrogen) atoms.